The highest BCUT2D eigenvalue weighted by Gasteiger charge is 2.52. The van der Waals surface area contributed by atoms with Crippen LogP contribution in [0.25, 0.3) is 0 Å². The molecule has 0 aliphatic carbocycles. The van der Waals surface area contributed by atoms with Crippen molar-refractivity contribution in [2.24, 2.45) is 5.92 Å². The molecule has 3 fully saturated rings. The molecule has 3 aliphatic rings. The SMILES string of the molecule is COc1ccc(CN2C(=O)NC3(CCN(CC4CN(S(=O)(=O)c5ccccc5)CC4c4ccccc4)CC3)C2=O)cc1.Cl. The van der Waals surface area contributed by atoms with Crippen molar-refractivity contribution >= 4 is 34.4 Å². The number of benzene rings is 3. The Morgan fingerprint density at radius 2 is 1.51 bits per heavy atom. The third-order valence-corrected chi connectivity index (χ3v) is 10.8. The highest BCUT2D eigenvalue weighted by molar-refractivity contribution is 7.89. The van der Waals surface area contributed by atoms with Crippen LogP contribution in [-0.4, -0.2) is 79.8 Å². The van der Waals surface area contributed by atoms with E-state index >= 15 is 0 Å². The molecule has 2 atom stereocenters. The number of likely N-dealkylation sites (tertiary alicyclic amines) is 1. The fourth-order valence-electron chi connectivity index (χ4n) is 6.55. The summed E-state index contributed by atoms with van der Waals surface area (Å²) in [7, 11) is -2.01. The lowest BCUT2D eigenvalue weighted by Gasteiger charge is -2.39. The summed E-state index contributed by atoms with van der Waals surface area (Å²) in [6.07, 6.45) is 1.04. The maximum atomic E-state index is 13.5. The monoisotopic (exact) mass is 624 g/mol. The molecule has 0 aromatic heterocycles. The minimum atomic E-state index is -3.61. The van der Waals surface area contributed by atoms with Gasteiger partial charge in [-0.25, -0.2) is 13.2 Å². The molecule has 11 heteroatoms. The van der Waals surface area contributed by atoms with E-state index in [1.54, 1.807) is 35.7 Å². The maximum Gasteiger partial charge on any atom is 0.325 e. The molecule has 228 valence electrons. The topological polar surface area (TPSA) is 99.3 Å². The molecule has 3 aliphatic heterocycles. The van der Waals surface area contributed by atoms with Crippen molar-refractivity contribution in [2.75, 3.05) is 39.8 Å². The smallest absolute Gasteiger partial charge is 0.325 e. The molecule has 3 saturated heterocycles. The lowest BCUT2D eigenvalue weighted by Crippen LogP contribution is -2.55. The fourth-order valence-corrected chi connectivity index (χ4v) is 8.10. The summed E-state index contributed by atoms with van der Waals surface area (Å²) in [5.41, 5.74) is 1.10. The van der Waals surface area contributed by atoms with Crippen molar-refractivity contribution in [1.82, 2.24) is 19.4 Å². The van der Waals surface area contributed by atoms with E-state index in [9.17, 15) is 18.0 Å². The maximum absolute atomic E-state index is 13.5. The number of nitrogens with zero attached hydrogens (tertiary/aromatic N) is 3. The van der Waals surface area contributed by atoms with Gasteiger partial charge in [-0.2, -0.15) is 4.31 Å². The third-order valence-electron chi connectivity index (χ3n) is 8.96. The Balaban J connectivity index is 0.00000368. The predicted octanol–water partition coefficient (Wildman–Crippen LogP) is 4.11. The molecular formula is C32H37ClN4O5S. The van der Waals surface area contributed by atoms with Crippen molar-refractivity contribution in [3.05, 3.63) is 96.1 Å². The zero-order chi connectivity index (χ0) is 29.3. The Labute approximate surface area is 259 Å². The Hall–Kier alpha value is -3.44. The molecule has 2 unspecified atom stereocenters. The molecule has 3 aromatic rings. The fraction of sp³-hybridized carbons (Fsp3) is 0.375. The molecule has 0 saturated carbocycles. The number of methoxy groups -OCH3 is 1. The molecule has 1 N–H and O–H groups in total. The first-order valence-electron chi connectivity index (χ1n) is 14.4. The number of rotatable bonds is 8. The number of nitrogens with one attached hydrogen (secondary N) is 1. The Kier molecular flexibility index (Phi) is 9.12. The van der Waals surface area contributed by atoms with Crippen LogP contribution in [0.2, 0.25) is 0 Å². The normalized spacial score (nSPS) is 22.4. The number of sulfonamides is 1. The molecule has 9 nitrogen and oxygen atoms in total. The van der Waals surface area contributed by atoms with Gasteiger partial charge in [0.05, 0.1) is 18.6 Å². The molecule has 0 radical (unpaired) electrons. The van der Waals surface area contributed by atoms with E-state index in [0.29, 0.717) is 50.5 Å². The van der Waals surface area contributed by atoms with Crippen molar-refractivity contribution in [3.8, 4) is 5.75 Å². The summed E-state index contributed by atoms with van der Waals surface area (Å²) < 4.78 is 33.8. The van der Waals surface area contributed by atoms with Gasteiger partial charge in [0.15, 0.2) is 0 Å². The highest BCUT2D eigenvalue weighted by Crippen LogP contribution is 2.38. The van der Waals surface area contributed by atoms with Crippen LogP contribution >= 0.6 is 12.4 Å². The summed E-state index contributed by atoms with van der Waals surface area (Å²) in [6.45, 7) is 3.08. The third kappa shape index (κ3) is 6.15. The summed E-state index contributed by atoms with van der Waals surface area (Å²) in [5, 5.41) is 3.00. The van der Waals surface area contributed by atoms with Crippen molar-refractivity contribution < 1.29 is 22.7 Å². The van der Waals surface area contributed by atoms with Crippen molar-refractivity contribution in [3.63, 3.8) is 0 Å². The number of halogens is 1. The van der Waals surface area contributed by atoms with Crippen LogP contribution in [0.3, 0.4) is 0 Å². The number of ether oxygens (including phenoxy) is 1. The van der Waals surface area contributed by atoms with Gasteiger partial charge in [0.1, 0.15) is 11.3 Å². The van der Waals surface area contributed by atoms with Gasteiger partial charge < -0.3 is 15.0 Å². The van der Waals surface area contributed by atoms with E-state index in [-0.39, 0.29) is 42.7 Å². The van der Waals surface area contributed by atoms with Crippen LogP contribution in [0.5, 0.6) is 5.75 Å². The van der Waals surface area contributed by atoms with Gasteiger partial charge in [-0.15, -0.1) is 12.4 Å². The van der Waals surface area contributed by atoms with Crippen LogP contribution < -0.4 is 10.1 Å². The number of amides is 3. The largest absolute Gasteiger partial charge is 0.497 e. The molecule has 43 heavy (non-hydrogen) atoms. The van der Waals surface area contributed by atoms with E-state index < -0.39 is 15.6 Å². The lowest BCUT2D eigenvalue weighted by atomic mass is 9.85. The van der Waals surface area contributed by atoms with Crippen LogP contribution in [0, 0.1) is 5.92 Å². The number of carbonyl (C=O) groups is 2. The van der Waals surface area contributed by atoms with Gasteiger partial charge in [0, 0.05) is 38.6 Å². The second kappa shape index (κ2) is 12.7. The average molecular weight is 625 g/mol. The highest BCUT2D eigenvalue weighted by atomic mass is 35.5. The molecular weight excluding hydrogens is 588 g/mol. The molecule has 3 heterocycles. The number of urea groups is 1. The van der Waals surface area contributed by atoms with Gasteiger partial charge in [-0.3, -0.25) is 9.69 Å². The summed E-state index contributed by atoms with van der Waals surface area (Å²) in [6, 6.07) is 25.7. The first kappa shape index (κ1) is 31.0. The second-order valence-electron chi connectivity index (χ2n) is 11.5. The molecule has 3 amide bonds. The Bertz CT molecular complexity index is 1530. The quantitative estimate of drug-likeness (QED) is 0.379. The number of carbonyl (C=O) groups excluding carboxylic acids is 2. The summed E-state index contributed by atoms with van der Waals surface area (Å²) >= 11 is 0. The van der Waals surface area contributed by atoms with Crippen LogP contribution in [0.15, 0.2) is 89.8 Å². The minimum absolute atomic E-state index is 0. The first-order valence-corrected chi connectivity index (χ1v) is 15.8. The standard InChI is InChI=1S/C32H36N4O5S.ClH/c1-41-27-14-12-24(13-15-27)20-36-30(37)32(33-31(36)38)16-18-34(19-17-32)21-26-22-35(23-29(26)25-8-4-2-5-9-25)42(39,40)28-10-6-3-7-11-28;/h2-15,26,29H,16-23H2,1H3,(H,33,38);1H. The van der Waals surface area contributed by atoms with Gasteiger partial charge >= 0.3 is 6.03 Å². The zero-order valence-corrected chi connectivity index (χ0v) is 25.7. The zero-order valence-electron chi connectivity index (χ0n) is 24.1. The van der Waals surface area contributed by atoms with Crippen LogP contribution in [0.4, 0.5) is 4.79 Å². The number of piperidine rings is 1. The number of hydrogen-bond donors (Lipinski definition) is 1. The summed E-state index contributed by atoms with van der Waals surface area (Å²) in [4.78, 5) is 30.3. The van der Waals surface area contributed by atoms with E-state index in [1.807, 2.05) is 48.5 Å². The van der Waals surface area contributed by atoms with Crippen LogP contribution in [0.1, 0.15) is 29.9 Å². The van der Waals surface area contributed by atoms with Crippen molar-refractivity contribution in [2.45, 2.75) is 35.7 Å². The van der Waals surface area contributed by atoms with Gasteiger partial charge in [0.25, 0.3) is 5.91 Å². The molecule has 0 bridgehead atoms. The van der Waals surface area contributed by atoms with Gasteiger partial charge in [-0.05, 0) is 54.2 Å². The predicted molar refractivity (Wildman–Crippen MR) is 166 cm³/mol. The van der Waals surface area contributed by atoms with E-state index in [1.165, 1.54) is 4.90 Å². The Morgan fingerprint density at radius 1 is 0.884 bits per heavy atom. The second-order valence-corrected chi connectivity index (χ2v) is 13.4. The van der Waals surface area contributed by atoms with E-state index in [2.05, 4.69) is 22.3 Å². The summed E-state index contributed by atoms with van der Waals surface area (Å²) in [5.74, 6) is 0.706. The van der Waals surface area contributed by atoms with Crippen molar-refractivity contribution in [1.29, 1.82) is 0 Å². The lowest BCUT2D eigenvalue weighted by molar-refractivity contribution is -0.133. The van der Waals surface area contributed by atoms with Gasteiger partial charge in [-0.1, -0.05) is 60.7 Å². The average Bonchev–Trinajstić information content (AvgIpc) is 3.55. The van der Waals surface area contributed by atoms with E-state index in [0.717, 1.165) is 16.9 Å². The minimum Gasteiger partial charge on any atom is -0.497 e. The first-order chi connectivity index (χ1) is 20.3. The molecule has 3 aromatic carbocycles. The van der Waals surface area contributed by atoms with Gasteiger partial charge in [0.2, 0.25) is 10.0 Å². The number of imide groups is 1. The van der Waals surface area contributed by atoms with E-state index in [4.69, 9.17) is 4.74 Å². The van der Waals surface area contributed by atoms with Crippen LogP contribution in [-0.2, 0) is 21.4 Å². The molecule has 6 rings (SSSR count). The number of hydrogen-bond acceptors (Lipinski definition) is 6. The molecule has 1 spiro atoms. The Morgan fingerprint density at radius 3 is 2.14 bits per heavy atom.